The number of aromatic nitrogens is 2. The lowest BCUT2D eigenvalue weighted by Gasteiger charge is -2.30. The van der Waals surface area contributed by atoms with E-state index in [4.69, 9.17) is 14.5 Å². The fourth-order valence-electron chi connectivity index (χ4n) is 5.89. The molecule has 0 N–H and O–H groups in total. The summed E-state index contributed by atoms with van der Waals surface area (Å²) in [5.41, 5.74) is 7.48. The molecule has 1 aliphatic heterocycles. The van der Waals surface area contributed by atoms with Crippen molar-refractivity contribution in [2.75, 3.05) is 6.61 Å². The van der Waals surface area contributed by atoms with Crippen LogP contribution in [0.2, 0.25) is 0 Å². The number of pyridine rings is 1. The zero-order valence-corrected chi connectivity index (χ0v) is 24.7. The maximum atomic E-state index is 15.6. The number of Topliss-reactive ketones (excluding diaryl/α,β-unsaturated/α-hetero) is 1. The van der Waals surface area contributed by atoms with Crippen LogP contribution in [0.3, 0.4) is 0 Å². The molecule has 1 aliphatic rings. The molecule has 1 atom stereocenters. The number of hydrogen-bond donors (Lipinski definition) is 0. The highest BCUT2D eigenvalue weighted by Crippen LogP contribution is 2.45. The summed E-state index contributed by atoms with van der Waals surface area (Å²) in [6, 6.07) is 14.1. The van der Waals surface area contributed by atoms with Crippen LogP contribution in [-0.2, 0) is 35.8 Å². The summed E-state index contributed by atoms with van der Waals surface area (Å²) in [7, 11) is 2.03. The third kappa shape index (κ3) is 5.29. The van der Waals surface area contributed by atoms with Crippen LogP contribution in [0.25, 0.3) is 22.2 Å². The van der Waals surface area contributed by atoms with Crippen LogP contribution < -0.4 is 4.74 Å². The smallest absolute Gasteiger partial charge is 0.165 e. The molecule has 4 aromatic rings. The third-order valence-electron chi connectivity index (χ3n) is 7.82. The number of ketones is 1. The van der Waals surface area contributed by atoms with Gasteiger partial charge in [0.05, 0.1) is 12.2 Å². The van der Waals surface area contributed by atoms with Gasteiger partial charge in [0.15, 0.2) is 17.3 Å². The molecular formula is C34H39FN2O3. The van der Waals surface area contributed by atoms with E-state index in [-0.39, 0.29) is 11.6 Å². The second kappa shape index (κ2) is 10.8. The Morgan fingerprint density at radius 1 is 1.15 bits per heavy atom. The molecule has 0 aliphatic carbocycles. The molecular weight excluding hydrogens is 503 g/mol. The lowest BCUT2D eigenvalue weighted by molar-refractivity contribution is -0.138. The zero-order chi connectivity index (χ0) is 28.8. The Morgan fingerprint density at radius 2 is 1.88 bits per heavy atom. The van der Waals surface area contributed by atoms with E-state index in [2.05, 4.69) is 34.9 Å². The van der Waals surface area contributed by atoms with E-state index in [9.17, 15) is 4.79 Å². The van der Waals surface area contributed by atoms with E-state index in [1.807, 2.05) is 47.7 Å². The Labute approximate surface area is 236 Å². The molecule has 2 aromatic carbocycles. The fraction of sp³-hybridized carbons (Fsp3) is 0.412. The van der Waals surface area contributed by atoms with E-state index in [1.165, 1.54) is 5.56 Å². The molecule has 0 saturated carbocycles. The number of nitrogens with zero attached hydrogens (tertiary/aromatic N) is 2. The molecule has 210 valence electrons. The van der Waals surface area contributed by atoms with Gasteiger partial charge >= 0.3 is 0 Å². The van der Waals surface area contributed by atoms with Crippen molar-refractivity contribution in [3.05, 3.63) is 81.9 Å². The first-order valence-corrected chi connectivity index (χ1v) is 14.1. The SMILES string of the molecule is CC(=O)[C@@H](OC(C)(C)C)c1c(C)nc2c(cc(CCc3ccccc3)n2C)c1-c1cc(F)c2c(c1C)CCCO2. The Hall–Kier alpha value is -3.51. The van der Waals surface area contributed by atoms with Gasteiger partial charge in [0.1, 0.15) is 11.8 Å². The number of halogens is 1. The van der Waals surface area contributed by atoms with Crippen molar-refractivity contribution in [2.45, 2.75) is 78.9 Å². The molecule has 0 spiro atoms. The molecule has 5 rings (SSSR count). The summed E-state index contributed by atoms with van der Waals surface area (Å²) >= 11 is 0. The van der Waals surface area contributed by atoms with Gasteiger partial charge in [-0.1, -0.05) is 30.3 Å². The van der Waals surface area contributed by atoms with Gasteiger partial charge in [0.25, 0.3) is 0 Å². The summed E-state index contributed by atoms with van der Waals surface area (Å²) < 4.78 is 29.9. The first-order chi connectivity index (χ1) is 19.0. The summed E-state index contributed by atoms with van der Waals surface area (Å²) in [5.74, 6) is -0.137. The monoisotopic (exact) mass is 542 g/mol. The van der Waals surface area contributed by atoms with Gasteiger partial charge in [-0.2, -0.15) is 0 Å². The number of rotatable bonds is 7. The maximum absolute atomic E-state index is 15.6. The summed E-state index contributed by atoms with van der Waals surface area (Å²) in [6.07, 6.45) is 2.46. The summed E-state index contributed by atoms with van der Waals surface area (Å²) in [6.45, 7) is 11.8. The highest BCUT2D eigenvalue weighted by atomic mass is 19.1. The van der Waals surface area contributed by atoms with E-state index >= 15 is 4.39 Å². The van der Waals surface area contributed by atoms with Crippen molar-refractivity contribution >= 4 is 16.8 Å². The van der Waals surface area contributed by atoms with Crippen LogP contribution in [0.1, 0.15) is 73.9 Å². The molecule has 0 saturated heterocycles. The third-order valence-corrected chi connectivity index (χ3v) is 7.82. The summed E-state index contributed by atoms with van der Waals surface area (Å²) in [4.78, 5) is 18.2. The molecule has 5 nitrogen and oxygen atoms in total. The van der Waals surface area contributed by atoms with E-state index in [0.717, 1.165) is 64.7 Å². The van der Waals surface area contributed by atoms with Crippen molar-refractivity contribution in [3.8, 4) is 16.9 Å². The van der Waals surface area contributed by atoms with Crippen LogP contribution in [0.15, 0.2) is 42.5 Å². The molecule has 3 heterocycles. The van der Waals surface area contributed by atoms with Crippen LogP contribution in [-0.4, -0.2) is 27.5 Å². The average molecular weight is 543 g/mol. The number of benzene rings is 2. The van der Waals surface area contributed by atoms with Gasteiger partial charge in [0, 0.05) is 40.5 Å². The minimum absolute atomic E-state index is 0.111. The maximum Gasteiger partial charge on any atom is 0.165 e. The van der Waals surface area contributed by atoms with Crippen molar-refractivity contribution in [1.29, 1.82) is 0 Å². The van der Waals surface area contributed by atoms with Crippen LogP contribution in [0.5, 0.6) is 5.75 Å². The first kappa shape index (κ1) is 28.0. The topological polar surface area (TPSA) is 53.3 Å². The zero-order valence-electron chi connectivity index (χ0n) is 24.7. The van der Waals surface area contributed by atoms with Crippen molar-refractivity contribution in [3.63, 3.8) is 0 Å². The highest BCUT2D eigenvalue weighted by molar-refractivity contribution is 6.00. The lowest BCUT2D eigenvalue weighted by atomic mass is 9.86. The minimum atomic E-state index is -0.838. The Bertz CT molecular complexity index is 1580. The van der Waals surface area contributed by atoms with Crippen LogP contribution >= 0.6 is 0 Å². The van der Waals surface area contributed by atoms with E-state index < -0.39 is 11.7 Å². The summed E-state index contributed by atoms with van der Waals surface area (Å²) in [5, 5.41) is 0.897. The number of fused-ring (bicyclic) bond motifs is 2. The largest absolute Gasteiger partial charge is 0.490 e. The van der Waals surface area contributed by atoms with Gasteiger partial charge < -0.3 is 14.0 Å². The number of carbonyl (C=O) groups is 1. The Kier molecular flexibility index (Phi) is 7.58. The molecule has 0 fully saturated rings. The fourth-order valence-corrected chi connectivity index (χ4v) is 5.89. The lowest BCUT2D eigenvalue weighted by Crippen LogP contribution is -2.27. The second-order valence-corrected chi connectivity index (χ2v) is 11.9. The standard InChI is InChI=1S/C34H39FN2O3/c1-20-25-14-11-17-39-32(25)28(35)19-26(20)30-27-18-24(16-15-23-12-9-8-10-13-23)37(7)33(27)36-21(2)29(30)31(22(3)38)40-34(4,5)6/h8-10,12-13,18-19,31H,11,14-17H2,1-7H3/t31-/m1/s1. The predicted molar refractivity (Wildman–Crippen MR) is 158 cm³/mol. The van der Waals surface area contributed by atoms with Crippen molar-refractivity contribution < 1.29 is 18.7 Å². The van der Waals surface area contributed by atoms with Gasteiger partial charge in [-0.25, -0.2) is 9.37 Å². The number of aryl methyl sites for hydroxylation is 4. The van der Waals surface area contributed by atoms with Crippen LogP contribution in [0, 0.1) is 19.7 Å². The highest BCUT2D eigenvalue weighted by Gasteiger charge is 2.33. The minimum Gasteiger partial charge on any atom is -0.490 e. The molecule has 2 aromatic heterocycles. The number of carbonyl (C=O) groups excluding carboxylic acids is 1. The Morgan fingerprint density at radius 3 is 2.55 bits per heavy atom. The molecule has 40 heavy (non-hydrogen) atoms. The van der Waals surface area contributed by atoms with Gasteiger partial charge in [-0.3, -0.25) is 4.79 Å². The normalized spacial score (nSPS) is 14.2. The van der Waals surface area contributed by atoms with Crippen molar-refractivity contribution in [1.82, 2.24) is 9.55 Å². The molecule has 0 bridgehead atoms. The van der Waals surface area contributed by atoms with Gasteiger partial charge in [0.2, 0.25) is 0 Å². The predicted octanol–water partition coefficient (Wildman–Crippen LogP) is 7.55. The van der Waals surface area contributed by atoms with E-state index in [1.54, 1.807) is 13.0 Å². The van der Waals surface area contributed by atoms with Gasteiger partial charge in [-0.15, -0.1) is 0 Å². The van der Waals surface area contributed by atoms with Crippen LogP contribution in [0.4, 0.5) is 4.39 Å². The molecule has 6 heteroatoms. The van der Waals surface area contributed by atoms with Crippen molar-refractivity contribution in [2.24, 2.45) is 7.05 Å². The molecule has 0 unspecified atom stereocenters. The molecule has 0 radical (unpaired) electrons. The quantitative estimate of drug-likeness (QED) is 0.242. The molecule has 0 amide bonds. The first-order valence-electron chi connectivity index (χ1n) is 14.1. The Balaban J connectivity index is 1.78. The number of ether oxygens (including phenoxy) is 2. The number of hydrogen-bond acceptors (Lipinski definition) is 4. The second-order valence-electron chi connectivity index (χ2n) is 11.9. The average Bonchev–Trinajstić information content (AvgIpc) is 3.22. The van der Waals surface area contributed by atoms with E-state index in [0.29, 0.717) is 23.6 Å². The van der Waals surface area contributed by atoms with Gasteiger partial charge in [-0.05, 0) is 96.0 Å².